The van der Waals surface area contributed by atoms with Gasteiger partial charge in [0.05, 0.1) is 11.7 Å². The van der Waals surface area contributed by atoms with Gasteiger partial charge >= 0.3 is 0 Å². The maximum Gasteiger partial charge on any atom is 0.131 e. The fraction of sp³-hybridized carbons (Fsp3) is 0.600. The van der Waals surface area contributed by atoms with Crippen molar-refractivity contribution in [3.05, 3.63) is 35.4 Å². The minimum absolute atomic E-state index is 0.142. The number of aliphatic hydroxyl groups is 2. The lowest BCUT2D eigenvalue weighted by Crippen LogP contribution is -2.32. The van der Waals surface area contributed by atoms with E-state index in [4.69, 9.17) is 5.11 Å². The van der Waals surface area contributed by atoms with Crippen molar-refractivity contribution < 1.29 is 19.0 Å². The van der Waals surface area contributed by atoms with Gasteiger partial charge in [0.25, 0.3) is 0 Å². The fourth-order valence-electron chi connectivity index (χ4n) is 2.43. The van der Waals surface area contributed by atoms with Crippen LogP contribution in [0.4, 0.5) is 8.78 Å². The van der Waals surface area contributed by atoms with Crippen LogP contribution in [0.2, 0.25) is 0 Å². The summed E-state index contributed by atoms with van der Waals surface area (Å²) in [6, 6.07) is 4.02. The summed E-state index contributed by atoms with van der Waals surface area (Å²) in [4.78, 5) is 2.06. The zero-order valence-corrected chi connectivity index (χ0v) is 11.4. The van der Waals surface area contributed by atoms with Crippen LogP contribution < -0.4 is 0 Å². The summed E-state index contributed by atoms with van der Waals surface area (Å²) in [5, 5.41) is 18.9. The van der Waals surface area contributed by atoms with Crippen molar-refractivity contribution in [2.45, 2.75) is 37.8 Å². The van der Waals surface area contributed by atoms with E-state index in [-0.39, 0.29) is 18.7 Å². The van der Waals surface area contributed by atoms with Gasteiger partial charge in [-0.05, 0) is 44.4 Å². The number of benzene rings is 1. The highest BCUT2D eigenvalue weighted by atomic mass is 19.1. The molecular formula is C15H21F2NO2. The Balaban J connectivity index is 1.98. The fourth-order valence-corrected chi connectivity index (χ4v) is 2.43. The monoisotopic (exact) mass is 285 g/mol. The number of halogens is 2. The van der Waals surface area contributed by atoms with Gasteiger partial charge in [0, 0.05) is 19.2 Å². The summed E-state index contributed by atoms with van der Waals surface area (Å²) in [6.45, 7) is 1.11. The van der Waals surface area contributed by atoms with Crippen LogP contribution in [0.15, 0.2) is 18.2 Å². The SMILES string of the molecule is OCCCCN(CC(O)c1c(F)cccc1F)C1CC1. The van der Waals surface area contributed by atoms with Gasteiger partial charge in [-0.15, -0.1) is 0 Å². The van der Waals surface area contributed by atoms with E-state index < -0.39 is 17.7 Å². The van der Waals surface area contributed by atoms with E-state index in [9.17, 15) is 13.9 Å². The number of nitrogens with zero attached hydrogens (tertiary/aromatic N) is 1. The molecule has 0 aliphatic heterocycles. The van der Waals surface area contributed by atoms with Gasteiger partial charge in [-0.2, -0.15) is 0 Å². The van der Waals surface area contributed by atoms with Crippen molar-refractivity contribution in [1.29, 1.82) is 0 Å². The maximum absolute atomic E-state index is 13.6. The van der Waals surface area contributed by atoms with Gasteiger partial charge in [-0.1, -0.05) is 6.07 Å². The predicted molar refractivity (Wildman–Crippen MR) is 72.2 cm³/mol. The van der Waals surface area contributed by atoms with E-state index in [1.165, 1.54) is 6.07 Å². The van der Waals surface area contributed by atoms with Crippen LogP contribution in [-0.4, -0.2) is 40.9 Å². The summed E-state index contributed by atoms with van der Waals surface area (Å²) in [7, 11) is 0. The van der Waals surface area contributed by atoms with Crippen LogP contribution in [0, 0.1) is 11.6 Å². The smallest absolute Gasteiger partial charge is 0.131 e. The van der Waals surface area contributed by atoms with Crippen molar-refractivity contribution in [2.75, 3.05) is 19.7 Å². The second kappa shape index (κ2) is 7.11. The Hall–Kier alpha value is -1.04. The Morgan fingerprint density at radius 2 is 1.85 bits per heavy atom. The lowest BCUT2D eigenvalue weighted by Gasteiger charge is -2.25. The zero-order chi connectivity index (χ0) is 14.5. The molecule has 0 aromatic heterocycles. The largest absolute Gasteiger partial charge is 0.396 e. The lowest BCUT2D eigenvalue weighted by molar-refractivity contribution is 0.100. The first-order valence-corrected chi connectivity index (χ1v) is 7.10. The lowest BCUT2D eigenvalue weighted by atomic mass is 10.1. The molecule has 2 N–H and O–H groups in total. The van der Waals surface area contributed by atoms with Gasteiger partial charge in [0.15, 0.2) is 0 Å². The number of hydrogen-bond donors (Lipinski definition) is 2. The molecule has 3 nitrogen and oxygen atoms in total. The van der Waals surface area contributed by atoms with Gasteiger partial charge < -0.3 is 10.2 Å². The van der Waals surface area contributed by atoms with Gasteiger partial charge in [0.2, 0.25) is 0 Å². The molecule has 1 saturated carbocycles. The molecule has 1 aromatic carbocycles. The highest BCUT2D eigenvalue weighted by Crippen LogP contribution is 2.30. The molecule has 0 heterocycles. The highest BCUT2D eigenvalue weighted by Gasteiger charge is 2.31. The van der Waals surface area contributed by atoms with Gasteiger partial charge in [-0.3, -0.25) is 4.90 Å². The quantitative estimate of drug-likeness (QED) is 0.720. The second-order valence-corrected chi connectivity index (χ2v) is 5.31. The van der Waals surface area contributed by atoms with Crippen molar-refractivity contribution in [2.24, 2.45) is 0 Å². The second-order valence-electron chi connectivity index (χ2n) is 5.31. The van der Waals surface area contributed by atoms with Crippen LogP contribution in [0.5, 0.6) is 0 Å². The van der Waals surface area contributed by atoms with Crippen molar-refractivity contribution in [3.8, 4) is 0 Å². The summed E-state index contributed by atoms with van der Waals surface area (Å²) < 4.78 is 27.2. The van der Waals surface area contributed by atoms with Gasteiger partial charge in [-0.25, -0.2) is 8.78 Å². The van der Waals surface area contributed by atoms with E-state index in [1.807, 2.05) is 0 Å². The van der Waals surface area contributed by atoms with Crippen LogP contribution in [0.3, 0.4) is 0 Å². The third kappa shape index (κ3) is 3.98. The Morgan fingerprint density at radius 3 is 2.40 bits per heavy atom. The van der Waals surface area contributed by atoms with Crippen molar-refractivity contribution in [3.63, 3.8) is 0 Å². The summed E-state index contributed by atoms with van der Waals surface area (Å²) >= 11 is 0. The molecule has 0 spiro atoms. The molecule has 0 radical (unpaired) electrons. The standard InChI is InChI=1S/C15H21F2NO2/c16-12-4-3-5-13(17)15(12)14(20)10-18(11-6-7-11)8-1-2-9-19/h3-5,11,14,19-20H,1-2,6-10H2. The summed E-state index contributed by atoms with van der Waals surface area (Å²) in [5.74, 6) is -1.41. The average Bonchev–Trinajstić information content (AvgIpc) is 3.22. The van der Waals surface area contributed by atoms with E-state index in [0.717, 1.165) is 37.9 Å². The third-order valence-electron chi connectivity index (χ3n) is 3.66. The third-order valence-corrected chi connectivity index (χ3v) is 3.66. The van der Waals surface area contributed by atoms with E-state index in [1.54, 1.807) is 0 Å². The zero-order valence-electron chi connectivity index (χ0n) is 11.4. The molecule has 1 aliphatic carbocycles. The molecular weight excluding hydrogens is 264 g/mol. The Morgan fingerprint density at radius 1 is 1.20 bits per heavy atom. The first-order valence-electron chi connectivity index (χ1n) is 7.10. The predicted octanol–water partition coefficient (Wildman–Crippen LogP) is 2.24. The van der Waals surface area contributed by atoms with Gasteiger partial charge in [0.1, 0.15) is 11.6 Å². The molecule has 1 atom stereocenters. The topological polar surface area (TPSA) is 43.7 Å². The first-order chi connectivity index (χ1) is 9.63. The number of hydrogen-bond acceptors (Lipinski definition) is 3. The minimum Gasteiger partial charge on any atom is -0.396 e. The maximum atomic E-state index is 13.6. The molecule has 20 heavy (non-hydrogen) atoms. The minimum atomic E-state index is -1.16. The number of rotatable bonds is 8. The van der Waals surface area contributed by atoms with Crippen LogP contribution in [0.25, 0.3) is 0 Å². The number of unbranched alkanes of at least 4 members (excludes halogenated alkanes) is 1. The molecule has 2 rings (SSSR count). The van der Waals surface area contributed by atoms with Crippen LogP contribution >= 0.6 is 0 Å². The van der Waals surface area contributed by atoms with E-state index >= 15 is 0 Å². The molecule has 0 amide bonds. The van der Waals surface area contributed by atoms with Crippen molar-refractivity contribution >= 4 is 0 Å². The summed E-state index contributed by atoms with van der Waals surface area (Å²) in [6.07, 6.45) is 2.48. The van der Waals surface area contributed by atoms with E-state index in [2.05, 4.69) is 4.90 Å². The molecule has 112 valence electrons. The Bertz CT molecular complexity index is 418. The Labute approximate surface area is 117 Å². The van der Waals surface area contributed by atoms with Crippen LogP contribution in [0.1, 0.15) is 37.4 Å². The summed E-state index contributed by atoms with van der Waals surface area (Å²) in [5.41, 5.74) is -0.250. The van der Waals surface area contributed by atoms with E-state index in [0.29, 0.717) is 12.5 Å². The van der Waals surface area contributed by atoms with Crippen LogP contribution in [-0.2, 0) is 0 Å². The molecule has 1 aromatic rings. The average molecular weight is 285 g/mol. The molecule has 0 bridgehead atoms. The number of aliphatic hydroxyl groups excluding tert-OH is 2. The normalized spacial score (nSPS) is 16.6. The first kappa shape index (κ1) is 15.4. The van der Waals surface area contributed by atoms with Crippen molar-refractivity contribution in [1.82, 2.24) is 4.90 Å². The molecule has 1 aliphatic rings. The molecule has 0 saturated heterocycles. The molecule has 5 heteroatoms. The molecule has 1 fully saturated rings. The Kier molecular flexibility index (Phi) is 5.46. The molecule has 1 unspecified atom stereocenters. The highest BCUT2D eigenvalue weighted by molar-refractivity contribution is 5.22.